The molecule has 8 heteroatoms. The second-order valence-electron chi connectivity index (χ2n) is 4.97. The number of hydrogen-bond donors (Lipinski definition) is 1. The highest BCUT2D eigenvalue weighted by Gasteiger charge is 2.24. The predicted molar refractivity (Wildman–Crippen MR) is 86.0 cm³/mol. The van der Waals surface area contributed by atoms with Crippen LogP contribution in [0.5, 0.6) is 0 Å². The zero-order chi connectivity index (χ0) is 16.6. The van der Waals surface area contributed by atoms with Gasteiger partial charge in [0.2, 0.25) is 0 Å². The van der Waals surface area contributed by atoms with E-state index in [1.54, 1.807) is 18.2 Å². The van der Waals surface area contributed by atoms with Gasteiger partial charge in [-0.15, -0.1) is 0 Å². The fourth-order valence-electron chi connectivity index (χ4n) is 2.21. The van der Waals surface area contributed by atoms with Crippen LogP contribution >= 0.6 is 11.5 Å². The number of H-pyrrole nitrogens is 1. The molecule has 0 aliphatic heterocycles. The molecule has 0 atom stereocenters. The zero-order valence-corrected chi connectivity index (χ0v) is 13.6. The van der Waals surface area contributed by atoms with Crippen molar-refractivity contribution in [3.8, 4) is 21.7 Å². The summed E-state index contributed by atoms with van der Waals surface area (Å²) in [6, 6.07) is 12.0. The summed E-state index contributed by atoms with van der Waals surface area (Å²) in [5, 5.41) is 0. The Morgan fingerprint density at radius 3 is 2.39 bits per heavy atom. The van der Waals surface area contributed by atoms with Crippen molar-refractivity contribution in [2.75, 3.05) is 6.26 Å². The van der Waals surface area contributed by atoms with Gasteiger partial charge in [-0.1, -0.05) is 22.7 Å². The van der Waals surface area contributed by atoms with Gasteiger partial charge in [0.05, 0.1) is 15.4 Å². The lowest BCUT2D eigenvalue weighted by Crippen LogP contribution is -2.17. The van der Waals surface area contributed by atoms with Crippen LogP contribution in [0.15, 0.2) is 53.4 Å². The van der Waals surface area contributed by atoms with Gasteiger partial charge in [-0.3, -0.25) is 0 Å². The molecule has 0 aliphatic carbocycles. The van der Waals surface area contributed by atoms with Crippen molar-refractivity contribution in [1.29, 1.82) is 0 Å². The molecule has 0 radical (unpaired) electrons. The van der Waals surface area contributed by atoms with E-state index in [4.69, 9.17) is 0 Å². The third kappa shape index (κ3) is 3.08. The first-order valence-corrected chi connectivity index (χ1v) is 9.27. The Balaban J connectivity index is 2.14. The van der Waals surface area contributed by atoms with Gasteiger partial charge < -0.3 is 0 Å². The Morgan fingerprint density at radius 1 is 1.09 bits per heavy atom. The van der Waals surface area contributed by atoms with Gasteiger partial charge >= 0.3 is 5.69 Å². The number of nitrogens with one attached hydrogen (secondary N) is 1. The number of sulfone groups is 1. The summed E-state index contributed by atoms with van der Waals surface area (Å²) in [5.74, 6) is -0.438. The van der Waals surface area contributed by atoms with E-state index in [2.05, 4.69) is 4.49 Å². The van der Waals surface area contributed by atoms with E-state index in [1.165, 1.54) is 30.3 Å². The molecular weight excluding hydrogens is 339 g/mol. The van der Waals surface area contributed by atoms with Crippen molar-refractivity contribution in [2.24, 2.45) is 0 Å². The predicted octanol–water partition coefficient (Wildman–Crippen LogP) is 2.87. The molecular formula is C15H12FN2O3S2+. The van der Waals surface area contributed by atoms with Gasteiger partial charge in [-0.25, -0.2) is 12.8 Å². The molecule has 5 nitrogen and oxygen atoms in total. The number of rotatable bonds is 3. The SMILES string of the molecule is CS(=O)(=O)c1ccc(-c2s[nH][n+](=O)c2-c2cccc(F)c2)cc1. The molecule has 0 unspecified atom stereocenters. The van der Waals surface area contributed by atoms with Crippen LogP contribution in [0.1, 0.15) is 0 Å². The lowest BCUT2D eigenvalue weighted by Gasteiger charge is -2.00. The lowest BCUT2D eigenvalue weighted by molar-refractivity contribution is -0.542. The van der Waals surface area contributed by atoms with E-state index in [1.807, 2.05) is 0 Å². The van der Waals surface area contributed by atoms with Gasteiger partial charge in [0.1, 0.15) is 10.7 Å². The molecule has 23 heavy (non-hydrogen) atoms. The minimum atomic E-state index is -3.29. The molecule has 1 aromatic heterocycles. The standard InChI is InChI=1S/C15H12FN2O3S2/c1-23(20,21)13-7-5-10(6-8-13)15-14(18(19)17-22-15)11-3-2-4-12(16)9-11/h2-9H,1H3,(H,17,19)/q+1. The molecule has 1 heterocycles. The summed E-state index contributed by atoms with van der Waals surface area (Å²) in [4.78, 5) is 12.8. The smallest absolute Gasteiger partial charge is 0.224 e. The maximum atomic E-state index is 13.4. The summed E-state index contributed by atoms with van der Waals surface area (Å²) in [6.45, 7) is 0. The van der Waals surface area contributed by atoms with Crippen LogP contribution < -0.4 is 4.54 Å². The van der Waals surface area contributed by atoms with Crippen LogP contribution in [0.2, 0.25) is 0 Å². The normalized spacial score (nSPS) is 11.6. The monoisotopic (exact) mass is 351 g/mol. The third-order valence-corrected chi connectivity index (χ3v) is 5.31. The van der Waals surface area contributed by atoms with Crippen molar-refractivity contribution >= 4 is 21.4 Å². The van der Waals surface area contributed by atoms with E-state index in [-0.39, 0.29) is 4.90 Å². The quantitative estimate of drug-likeness (QED) is 0.738. The molecule has 0 amide bonds. The number of aromatic amines is 1. The number of aromatic nitrogens is 2. The topological polar surface area (TPSA) is 72.9 Å². The summed E-state index contributed by atoms with van der Waals surface area (Å²) in [6.07, 6.45) is 1.13. The van der Waals surface area contributed by atoms with E-state index >= 15 is 0 Å². The second-order valence-corrected chi connectivity index (χ2v) is 7.78. The molecule has 1 N–H and O–H groups in total. The highest BCUT2D eigenvalue weighted by Crippen LogP contribution is 2.32. The van der Waals surface area contributed by atoms with Crippen molar-refractivity contribution < 1.29 is 17.4 Å². The molecule has 0 saturated heterocycles. The van der Waals surface area contributed by atoms with Crippen molar-refractivity contribution in [3.63, 3.8) is 0 Å². The average molecular weight is 351 g/mol. The van der Waals surface area contributed by atoms with Gasteiger partial charge in [0.25, 0.3) is 0 Å². The van der Waals surface area contributed by atoms with Crippen LogP contribution in [-0.2, 0) is 9.84 Å². The highest BCUT2D eigenvalue weighted by molar-refractivity contribution is 7.90. The summed E-state index contributed by atoms with van der Waals surface area (Å²) >= 11 is 1.10. The van der Waals surface area contributed by atoms with E-state index < -0.39 is 15.7 Å². The molecule has 3 aromatic rings. The van der Waals surface area contributed by atoms with Gasteiger partial charge in [0, 0.05) is 23.4 Å². The molecule has 0 bridgehead atoms. The zero-order valence-electron chi connectivity index (χ0n) is 12.0. The summed E-state index contributed by atoms with van der Waals surface area (Å²) in [7, 11) is -3.29. The van der Waals surface area contributed by atoms with E-state index in [0.717, 1.165) is 17.8 Å². The highest BCUT2D eigenvalue weighted by atomic mass is 32.2. The maximum Gasteiger partial charge on any atom is 0.319 e. The second kappa shape index (κ2) is 5.71. The first kappa shape index (κ1) is 15.6. The average Bonchev–Trinajstić information content (AvgIpc) is 2.88. The number of benzene rings is 2. The van der Waals surface area contributed by atoms with Crippen molar-refractivity contribution in [2.45, 2.75) is 4.90 Å². The molecule has 0 fully saturated rings. The summed E-state index contributed by atoms with van der Waals surface area (Å²) in [5.41, 5.74) is 1.41. The molecule has 2 aromatic carbocycles. The molecule has 118 valence electrons. The van der Waals surface area contributed by atoms with Crippen LogP contribution in [0.3, 0.4) is 0 Å². The van der Waals surface area contributed by atoms with E-state index in [0.29, 0.717) is 26.2 Å². The number of halogens is 1. The first-order valence-electron chi connectivity index (χ1n) is 6.57. The van der Waals surface area contributed by atoms with Crippen LogP contribution in [-0.4, -0.2) is 19.2 Å². The fraction of sp³-hybridized carbons (Fsp3) is 0.0667. The number of hydrogen-bond acceptors (Lipinski definition) is 4. The van der Waals surface area contributed by atoms with Crippen LogP contribution in [0, 0.1) is 10.7 Å². The van der Waals surface area contributed by atoms with Crippen molar-refractivity contribution in [3.05, 3.63) is 59.3 Å². The molecule has 3 rings (SSSR count). The first-order chi connectivity index (χ1) is 10.9. The summed E-state index contributed by atoms with van der Waals surface area (Å²) < 4.78 is 39.6. The Kier molecular flexibility index (Phi) is 3.87. The third-order valence-electron chi connectivity index (χ3n) is 3.29. The molecule has 0 saturated carbocycles. The van der Waals surface area contributed by atoms with Crippen molar-refractivity contribution in [1.82, 2.24) is 4.49 Å². The Bertz CT molecular complexity index is 1020. The lowest BCUT2D eigenvalue weighted by atomic mass is 10.1. The van der Waals surface area contributed by atoms with Gasteiger partial charge in [0.15, 0.2) is 14.4 Å². The van der Waals surface area contributed by atoms with Gasteiger partial charge in [-0.2, -0.15) is 0 Å². The van der Waals surface area contributed by atoms with Gasteiger partial charge in [-0.05, 0) is 30.3 Å². The maximum absolute atomic E-state index is 13.4. The number of nitrogens with zero attached hydrogens (tertiary/aromatic N) is 1. The Labute approximate surface area is 135 Å². The van der Waals surface area contributed by atoms with Crippen LogP contribution in [0.25, 0.3) is 21.7 Å². The Morgan fingerprint density at radius 2 is 1.78 bits per heavy atom. The minimum Gasteiger partial charge on any atom is -0.224 e. The fourth-order valence-corrected chi connectivity index (χ4v) is 3.65. The Hall–Kier alpha value is -2.32. The van der Waals surface area contributed by atoms with Crippen LogP contribution in [0.4, 0.5) is 4.39 Å². The largest absolute Gasteiger partial charge is 0.319 e. The minimum absolute atomic E-state index is 0.198. The van der Waals surface area contributed by atoms with E-state index in [9.17, 15) is 17.7 Å². The molecule has 0 spiro atoms. The molecule has 0 aliphatic rings.